The molecule has 1 saturated heterocycles. The van der Waals surface area contributed by atoms with Crippen LogP contribution in [0.5, 0.6) is 0 Å². The number of hydrazone groups is 1. The number of benzene rings is 1. The van der Waals surface area contributed by atoms with Crippen molar-refractivity contribution in [2.75, 3.05) is 31.2 Å². The summed E-state index contributed by atoms with van der Waals surface area (Å²) in [6, 6.07) is 8.22. The van der Waals surface area contributed by atoms with Gasteiger partial charge in [-0.2, -0.15) is 5.10 Å². The van der Waals surface area contributed by atoms with Crippen LogP contribution in [0.25, 0.3) is 4.96 Å². The van der Waals surface area contributed by atoms with Crippen LogP contribution in [-0.4, -0.2) is 47.3 Å². The first kappa shape index (κ1) is 17.7. The highest BCUT2D eigenvalue weighted by Gasteiger charge is 2.11. The molecule has 0 radical (unpaired) electrons. The molecule has 1 aromatic carbocycles. The maximum Gasteiger partial charge on any atom is 0.246 e. The van der Waals surface area contributed by atoms with E-state index in [4.69, 9.17) is 4.74 Å². The number of fused-ring (bicyclic) bond motifs is 1. The Morgan fingerprint density at radius 3 is 2.81 bits per heavy atom. The van der Waals surface area contributed by atoms with Crippen LogP contribution in [0.1, 0.15) is 18.2 Å². The molecule has 1 N–H and O–H groups in total. The molecule has 0 atom stereocenters. The summed E-state index contributed by atoms with van der Waals surface area (Å²) in [5.41, 5.74) is 6.29. The van der Waals surface area contributed by atoms with E-state index in [0.717, 1.165) is 48.2 Å². The van der Waals surface area contributed by atoms with E-state index in [1.54, 1.807) is 11.3 Å². The Balaban J connectivity index is 1.35. The number of rotatable bonds is 5. The van der Waals surface area contributed by atoms with E-state index in [1.165, 1.54) is 5.69 Å². The summed E-state index contributed by atoms with van der Waals surface area (Å²) in [7, 11) is 0. The predicted octanol–water partition coefficient (Wildman–Crippen LogP) is 2.32. The average molecular weight is 383 g/mol. The molecule has 8 heteroatoms. The first-order valence-electron chi connectivity index (χ1n) is 8.86. The van der Waals surface area contributed by atoms with Crippen LogP contribution in [0.15, 0.2) is 47.1 Å². The molecule has 4 rings (SSSR count). The topological polar surface area (TPSA) is 71.2 Å². The largest absolute Gasteiger partial charge is 0.378 e. The van der Waals surface area contributed by atoms with Gasteiger partial charge in [-0.3, -0.25) is 9.20 Å². The molecule has 0 aliphatic carbocycles. The molecule has 27 heavy (non-hydrogen) atoms. The highest BCUT2D eigenvalue weighted by Crippen LogP contribution is 2.17. The summed E-state index contributed by atoms with van der Waals surface area (Å²) in [5, 5.41) is 6.19. The first-order chi connectivity index (χ1) is 13.2. The van der Waals surface area contributed by atoms with Crippen molar-refractivity contribution < 1.29 is 9.53 Å². The lowest BCUT2D eigenvalue weighted by molar-refractivity contribution is -0.120. The van der Waals surface area contributed by atoms with E-state index in [1.807, 2.05) is 41.2 Å². The maximum absolute atomic E-state index is 12.1. The minimum absolute atomic E-state index is 0.176. The van der Waals surface area contributed by atoms with Gasteiger partial charge in [0.05, 0.1) is 31.0 Å². The minimum Gasteiger partial charge on any atom is -0.378 e. The number of aromatic nitrogens is 2. The Morgan fingerprint density at radius 1 is 1.30 bits per heavy atom. The lowest BCUT2D eigenvalue weighted by atomic mass is 10.1. The Morgan fingerprint density at radius 2 is 2.07 bits per heavy atom. The molecule has 0 unspecified atom stereocenters. The second-order valence-corrected chi connectivity index (χ2v) is 7.25. The minimum atomic E-state index is -0.176. The Bertz CT molecular complexity index is 926. The van der Waals surface area contributed by atoms with Crippen LogP contribution in [0.4, 0.5) is 5.69 Å². The Labute approximate surface area is 161 Å². The zero-order valence-corrected chi connectivity index (χ0v) is 15.9. The molecule has 0 bridgehead atoms. The molecule has 0 spiro atoms. The first-order valence-corrected chi connectivity index (χ1v) is 9.74. The highest BCUT2D eigenvalue weighted by atomic mass is 32.1. The standard InChI is InChI=1S/C19H21N5O2S/c1-14(15-2-4-17(5-3-15)23-6-9-26-10-7-23)21-22-18(25)12-16-13-24-8-11-27-19(24)20-16/h2-5,8,11,13H,6-7,9-10,12H2,1H3,(H,22,25). The Kier molecular flexibility index (Phi) is 5.17. The third kappa shape index (κ3) is 4.17. The molecule has 3 heterocycles. The van der Waals surface area contributed by atoms with Crippen LogP contribution < -0.4 is 10.3 Å². The van der Waals surface area contributed by atoms with E-state index in [0.29, 0.717) is 0 Å². The van der Waals surface area contributed by atoms with Crippen molar-refractivity contribution >= 4 is 33.6 Å². The number of morpholine rings is 1. The lowest BCUT2D eigenvalue weighted by Gasteiger charge is -2.28. The summed E-state index contributed by atoms with van der Waals surface area (Å²) in [4.78, 5) is 19.7. The maximum atomic E-state index is 12.1. The summed E-state index contributed by atoms with van der Waals surface area (Å²) in [6.45, 7) is 5.24. The summed E-state index contributed by atoms with van der Waals surface area (Å²) in [6.07, 6.45) is 4.00. The van der Waals surface area contributed by atoms with E-state index in [9.17, 15) is 4.79 Å². The molecule has 2 aromatic heterocycles. The number of hydrogen-bond donors (Lipinski definition) is 1. The van der Waals surface area contributed by atoms with E-state index in [-0.39, 0.29) is 12.3 Å². The van der Waals surface area contributed by atoms with Crippen LogP contribution in [0.3, 0.4) is 0 Å². The zero-order valence-electron chi connectivity index (χ0n) is 15.1. The zero-order chi connectivity index (χ0) is 18.6. The van der Waals surface area contributed by atoms with Crippen LogP contribution in [-0.2, 0) is 16.0 Å². The molecule has 140 valence electrons. The van der Waals surface area contributed by atoms with Crippen molar-refractivity contribution in [3.63, 3.8) is 0 Å². The van der Waals surface area contributed by atoms with Gasteiger partial charge in [-0.25, -0.2) is 10.4 Å². The molecule has 1 aliphatic rings. The van der Waals surface area contributed by atoms with E-state index >= 15 is 0 Å². The second-order valence-electron chi connectivity index (χ2n) is 6.38. The summed E-state index contributed by atoms with van der Waals surface area (Å²) in [5.74, 6) is -0.176. The molecular formula is C19H21N5O2S. The smallest absolute Gasteiger partial charge is 0.246 e. The number of hydrogen-bond acceptors (Lipinski definition) is 6. The van der Waals surface area contributed by atoms with Crippen molar-refractivity contribution in [2.45, 2.75) is 13.3 Å². The van der Waals surface area contributed by atoms with Gasteiger partial charge in [0.25, 0.3) is 0 Å². The fraction of sp³-hybridized carbons (Fsp3) is 0.316. The van der Waals surface area contributed by atoms with Crippen molar-refractivity contribution in [2.24, 2.45) is 5.10 Å². The third-order valence-electron chi connectivity index (χ3n) is 4.49. The SMILES string of the molecule is CC(=NNC(=O)Cc1cn2ccsc2n1)c1ccc(N2CCOCC2)cc1. The van der Waals surface area contributed by atoms with Crippen LogP contribution >= 0.6 is 11.3 Å². The van der Waals surface area contributed by atoms with Gasteiger partial charge in [0.2, 0.25) is 5.91 Å². The summed E-state index contributed by atoms with van der Waals surface area (Å²) < 4.78 is 7.30. The normalized spacial score (nSPS) is 15.3. The molecule has 3 aromatic rings. The van der Waals surface area contributed by atoms with Gasteiger partial charge in [0, 0.05) is 36.6 Å². The molecular weight excluding hydrogens is 362 g/mol. The molecule has 1 amide bonds. The predicted molar refractivity (Wildman–Crippen MR) is 107 cm³/mol. The number of anilines is 1. The average Bonchev–Trinajstić information content (AvgIpc) is 3.28. The summed E-state index contributed by atoms with van der Waals surface area (Å²) >= 11 is 1.54. The van der Waals surface area contributed by atoms with Gasteiger partial charge < -0.3 is 9.64 Å². The van der Waals surface area contributed by atoms with Crippen molar-refractivity contribution in [1.82, 2.24) is 14.8 Å². The lowest BCUT2D eigenvalue weighted by Crippen LogP contribution is -2.36. The van der Waals surface area contributed by atoms with Crippen LogP contribution in [0.2, 0.25) is 0 Å². The monoisotopic (exact) mass is 383 g/mol. The number of imidazole rings is 1. The van der Waals surface area contributed by atoms with Gasteiger partial charge in [-0.05, 0) is 24.6 Å². The Hall–Kier alpha value is -2.71. The van der Waals surface area contributed by atoms with Crippen molar-refractivity contribution in [3.8, 4) is 0 Å². The number of carbonyl (C=O) groups excluding carboxylic acids is 1. The molecule has 7 nitrogen and oxygen atoms in total. The van der Waals surface area contributed by atoms with Gasteiger partial charge in [0.1, 0.15) is 0 Å². The second kappa shape index (κ2) is 7.89. The van der Waals surface area contributed by atoms with Crippen molar-refractivity contribution in [3.05, 3.63) is 53.3 Å². The third-order valence-corrected chi connectivity index (χ3v) is 5.27. The number of carbonyl (C=O) groups is 1. The van der Waals surface area contributed by atoms with Gasteiger partial charge in [0.15, 0.2) is 4.96 Å². The van der Waals surface area contributed by atoms with E-state index in [2.05, 4.69) is 32.5 Å². The quantitative estimate of drug-likeness (QED) is 0.542. The van der Waals surface area contributed by atoms with Gasteiger partial charge in [-0.1, -0.05) is 12.1 Å². The highest BCUT2D eigenvalue weighted by molar-refractivity contribution is 7.15. The number of thiazole rings is 1. The molecule has 0 saturated carbocycles. The van der Waals surface area contributed by atoms with Crippen molar-refractivity contribution in [1.29, 1.82) is 0 Å². The van der Waals surface area contributed by atoms with Crippen LogP contribution in [0, 0.1) is 0 Å². The van der Waals surface area contributed by atoms with Gasteiger partial charge >= 0.3 is 0 Å². The fourth-order valence-electron chi connectivity index (χ4n) is 3.01. The van der Waals surface area contributed by atoms with Gasteiger partial charge in [-0.15, -0.1) is 11.3 Å². The number of amides is 1. The van der Waals surface area contributed by atoms with E-state index < -0.39 is 0 Å². The molecule has 1 fully saturated rings. The number of nitrogens with zero attached hydrogens (tertiary/aromatic N) is 4. The molecule has 1 aliphatic heterocycles. The number of ether oxygens (including phenoxy) is 1. The number of nitrogens with one attached hydrogen (secondary N) is 1. The fourth-order valence-corrected chi connectivity index (χ4v) is 3.73.